The molecule has 2 rings (SSSR count). The third-order valence-electron chi connectivity index (χ3n) is 2.93. The summed E-state index contributed by atoms with van der Waals surface area (Å²) in [5, 5.41) is 3.77. The van der Waals surface area contributed by atoms with Crippen molar-refractivity contribution in [3.63, 3.8) is 0 Å². The Kier molecular flexibility index (Phi) is 5.41. The second-order valence-corrected chi connectivity index (χ2v) is 5.60. The third kappa shape index (κ3) is 4.48. The third-order valence-corrected chi connectivity index (χ3v) is 3.41. The van der Waals surface area contributed by atoms with Gasteiger partial charge in [0.15, 0.2) is 0 Å². The Morgan fingerprint density at radius 2 is 1.73 bits per heavy atom. The van der Waals surface area contributed by atoms with Crippen LogP contribution in [0, 0.1) is 0 Å². The highest BCUT2D eigenvalue weighted by Crippen LogP contribution is 2.14. The molecule has 0 radical (unpaired) electrons. The van der Waals surface area contributed by atoms with Gasteiger partial charge in [0.25, 0.3) is 5.91 Å². The Bertz CT molecular complexity index is 687. The number of benzene rings is 2. The molecule has 0 saturated carbocycles. The molecule has 0 atom stereocenters. The molecule has 6 heteroatoms. The van der Waals surface area contributed by atoms with Crippen molar-refractivity contribution in [3.8, 4) is 0 Å². The van der Waals surface area contributed by atoms with Crippen LogP contribution in [0.25, 0.3) is 0 Å². The summed E-state index contributed by atoms with van der Waals surface area (Å²) in [6, 6.07) is 13.3. The standard InChI is InChI=1S/C16H14Cl2N2O2/c1-20(16(22)11-3-2-4-13(18)9-11)10-15(21)19-14-7-5-12(17)6-8-14/h2-9H,10H2,1H3,(H,19,21). The fourth-order valence-corrected chi connectivity index (χ4v) is 2.18. The number of nitrogens with zero attached hydrogens (tertiary/aromatic N) is 1. The fraction of sp³-hybridized carbons (Fsp3) is 0.125. The lowest BCUT2D eigenvalue weighted by Crippen LogP contribution is -2.34. The van der Waals surface area contributed by atoms with Crippen molar-refractivity contribution in [2.75, 3.05) is 18.9 Å². The van der Waals surface area contributed by atoms with Gasteiger partial charge in [-0.2, -0.15) is 0 Å². The normalized spacial score (nSPS) is 10.1. The van der Waals surface area contributed by atoms with Crippen molar-refractivity contribution in [2.24, 2.45) is 0 Å². The van der Waals surface area contributed by atoms with Gasteiger partial charge >= 0.3 is 0 Å². The van der Waals surface area contributed by atoms with E-state index in [-0.39, 0.29) is 18.4 Å². The summed E-state index contributed by atoms with van der Waals surface area (Å²) in [6.07, 6.45) is 0. The number of likely N-dealkylation sites (N-methyl/N-ethyl adjacent to an activating group) is 1. The summed E-state index contributed by atoms with van der Waals surface area (Å²) >= 11 is 11.6. The SMILES string of the molecule is CN(CC(=O)Nc1ccc(Cl)cc1)C(=O)c1cccc(Cl)c1. The maximum absolute atomic E-state index is 12.2. The van der Waals surface area contributed by atoms with E-state index in [2.05, 4.69) is 5.32 Å². The smallest absolute Gasteiger partial charge is 0.254 e. The van der Waals surface area contributed by atoms with E-state index in [4.69, 9.17) is 23.2 Å². The lowest BCUT2D eigenvalue weighted by atomic mass is 10.2. The lowest BCUT2D eigenvalue weighted by Gasteiger charge is -2.17. The molecule has 0 aliphatic rings. The maximum Gasteiger partial charge on any atom is 0.254 e. The second-order valence-electron chi connectivity index (χ2n) is 4.73. The number of carbonyl (C=O) groups is 2. The molecule has 0 heterocycles. The van der Waals surface area contributed by atoms with Gasteiger partial charge in [-0.1, -0.05) is 29.3 Å². The van der Waals surface area contributed by atoms with Gasteiger partial charge in [-0.05, 0) is 42.5 Å². The highest BCUT2D eigenvalue weighted by atomic mass is 35.5. The van der Waals surface area contributed by atoms with Crippen molar-refractivity contribution < 1.29 is 9.59 Å². The Labute approximate surface area is 138 Å². The van der Waals surface area contributed by atoms with Crippen molar-refractivity contribution in [2.45, 2.75) is 0 Å². The first kappa shape index (κ1) is 16.3. The van der Waals surface area contributed by atoms with Crippen LogP contribution in [0.3, 0.4) is 0 Å². The van der Waals surface area contributed by atoms with E-state index in [1.54, 1.807) is 55.6 Å². The molecule has 0 fully saturated rings. The number of nitrogens with one attached hydrogen (secondary N) is 1. The lowest BCUT2D eigenvalue weighted by molar-refractivity contribution is -0.116. The van der Waals surface area contributed by atoms with Crippen LogP contribution in [-0.4, -0.2) is 30.3 Å². The summed E-state index contributed by atoms with van der Waals surface area (Å²) < 4.78 is 0. The van der Waals surface area contributed by atoms with Crippen LogP contribution < -0.4 is 5.32 Å². The molecule has 2 aromatic carbocycles. The van der Waals surface area contributed by atoms with Gasteiger partial charge in [0.2, 0.25) is 5.91 Å². The zero-order valence-corrected chi connectivity index (χ0v) is 13.4. The minimum absolute atomic E-state index is 0.0615. The van der Waals surface area contributed by atoms with E-state index in [0.717, 1.165) is 0 Å². The van der Waals surface area contributed by atoms with Crippen LogP contribution in [0.15, 0.2) is 48.5 Å². The van der Waals surface area contributed by atoms with Gasteiger partial charge in [0, 0.05) is 28.3 Å². The number of anilines is 1. The molecule has 0 aromatic heterocycles. The van der Waals surface area contributed by atoms with Crippen LogP contribution in [0.4, 0.5) is 5.69 Å². The molecule has 0 spiro atoms. The van der Waals surface area contributed by atoms with Gasteiger partial charge in [-0.3, -0.25) is 9.59 Å². The molecular formula is C16H14Cl2N2O2. The molecular weight excluding hydrogens is 323 g/mol. The number of carbonyl (C=O) groups excluding carboxylic acids is 2. The first-order valence-corrected chi connectivity index (χ1v) is 7.28. The van der Waals surface area contributed by atoms with Crippen LogP contribution >= 0.6 is 23.2 Å². The maximum atomic E-state index is 12.2. The Morgan fingerprint density at radius 1 is 1.05 bits per heavy atom. The first-order chi connectivity index (χ1) is 10.5. The van der Waals surface area contributed by atoms with Crippen LogP contribution in [0.5, 0.6) is 0 Å². The van der Waals surface area contributed by atoms with E-state index >= 15 is 0 Å². The Hall–Kier alpha value is -2.04. The quantitative estimate of drug-likeness (QED) is 0.925. The second kappa shape index (κ2) is 7.29. The highest BCUT2D eigenvalue weighted by molar-refractivity contribution is 6.31. The topological polar surface area (TPSA) is 49.4 Å². The van der Waals surface area contributed by atoms with E-state index in [1.807, 2.05) is 0 Å². The largest absolute Gasteiger partial charge is 0.332 e. The molecule has 1 N–H and O–H groups in total. The van der Waals surface area contributed by atoms with Gasteiger partial charge < -0.3 is 10.2 Å². The average molecular weight is 337 g/mol. The monoisotopic (exact) mass is 336 g/mol. The Balaban J connectivity index is 1.96. The molecule has 0 aliphatic heterocycles. The molecule has 114 valence electrons. The van der Waals surface area contributed by atoms with E-state index < -0.39 is 0 Å². The molecule has 0 saturated heterocycles. The van der Waals surface area contributed by atoms with E-state index in [0.29, 0.717) is 21.3 Å². The number of halogens is 2. The predicted molar refractivity (Wildman–Crippen MR) is 88.5 cm³/mol. The fourth-order valence-electron chi connectivity index (χ4n) is 1.86. The van der Waals surface area contributed by atoms with Gasteiger partial charge in [0.1, 0.15) is 0 Å². The van der Waals surface area contributed by atoms with Crippen molar-refractivity contribution >= 4 is 40.7 Å². The molecule has 0 aliphatic carbocycles. The van der Waals surface area contributed by atoms with Gasteiger partial charge in [-0.15, -0.1) is 0 Å². The highest BCUT2D eigenvalue weighted by Gasteiger charge is 2.15. The van der Waals surface area contributed by atoms with Crippen molar-refractivity contribution in [1.29, 1.82) is 0 Å². The molecule has 4 nitrogen and oxygen atoms in total. The number of amides is 2. The van der Waals surface area contributed by atoms with Crippen LogP contribution in [-0.2, 0) is 4.79 Å². The minimum atomic E-state index is -0.291. The molecule has 2 amide bonds. The van der Waals surface area contributed by atoms with Gasteiger partial charge in [-0.25, -0.2) is 0 Å². The summed E-state index contributed by atoms with van der Waals surface area (Å²) in [5.41, 5.74) is 1.06. The van der Waals surface area contributed by atoms with E-state index in [1.165, 1.54) is 4.90 Å². The molecule has 2 aromatic rings. The molecule has 0 bridgehead atoms. The zero-order chi connectivity index (χ0) is 16.1. The summed E-state index contributed by atoms with van der Waals surface area (Å²) in [4.78, 5) is 25.5. The number of rotatable bonds is 4. The average Bonchev–Trinajstić information content (AvgIpc) is 2.48. The van der Waals surface area contributed by atoms with Crippen molar-refractivity contribution in [3.05, 3.63) is 64.1 Å². The van der Waals surface area contributed by atoms with Crippen LogP contribution in [0.1, 0.15) is 10.4 Å². The number of hydrogen-bond donors (Lipinski definition) is 1. The first-order valence-electron chi connectivity index (χ1n) is 6.52. The minimum Gasteiger partial charge on any atom is -0.332 e. The van der Waals surface area contributed by atoms with E-state index in [9.17, 15) is 9.59 Å². The summed E-state index contributed by atoms with van der Waals surface area (Å²) in [6.45, 7) is -0.0615. The molecule has 22 heavy (non-hydrogen) atoms. The molecule has 0 unspecified atom stereocenters. The number of hydrogen-bond acceptors (Lipinski definition) is 2. The predicted octanol–water partition coefficient (Wildman–Crippen LogP) is 3.70. The van der Waals surface area contributed by atoms with Gasteiger partial charge in [0.05, 0.1) is 6.54 Å². The summed E-state index contributed by atoms with van der Waals surface area (Å²) in [5.74, 6) is -0.561. The summed E-state index contributed by atoms with van der Waals surface area (Å²) in [7, 11) is 1.56. The zero-order valence-electron chi connectivity index (χ0n) is 11.8. The van der Waals surface area contributed by atoms with Crippen LogP contribution in [0.2, 0.25) is 10.0 Å². The van der Waals surface area contributed by atoms with Crippen molar-refractivity contribution in [1.82, 2.24) is 4.90 Å². The Morgan fingerprint density at radius 3 is 2.36 bits per heavy atom.